The second-order valence-corrected chi connectivity index (χ2v) is 6.73. The van der Waals surface area contributed by atoms with Crippen LogP contribution in [0.4, 0.5) is 5.69 Å². The SMILES string of the molecule is Cl.Cl.NCC1(C(=O)N2CCN(c3ccccc3Cl)CC2)CCOCC1. The van der Waals surface area contributed by atoms with Gasteiger partial charge in [0.15, 0.2) is 0 Å². The molecule has 1 aromatic rings. The number of para-hydroxylation sites is 1. The summed E-state index contributed by atoms with van der Waals surface area (Å²) < 4.78 is 5.40. The van der Waals surface area contributed by atoms with E-state index in [9.17, 15) is 4.79 Å². The summed E-state index contributed by atoms with van der Waals surface area (Å²) in [6.07, 6.45) is 1.46. The van der Waals surface area contributed by atoms with Gasteiger partial charge in [0, 0.05) is 45.9 Å². The summed E-state index contributed by atoms with van der Waals surface area (Å²) >= 11 is 6.27. The van der Waals surface area contributed by atoms with E-state index in [0.29, 0.717) is 32.8 Å². The molecule has 0 bridgehead atoms. The maximum atomic E-state index is 13.0. The molecule has 8 heteroatoms. The van der Waals surface area contributed by atoms with Crippen molar-refractivity contribution in [2.75, 3.05) is 50.8 Å². The summed E-state index contributed by atoms with van der Waals surface area (Å²) in [6, 6.07) is 7.85. The van der Waals surface area contributed by atoms with Crippen molar-refractivity contribution >= 4 is 48.0 Å². The van der Waals surface area contributed by atoms with Crippen LogP contribution in [-0.2, 0) is 9.53 Å². The van der Waals surface area contributed by atoms with Crippen LogP contribution in [0.15, 0.2) is 24.3 Å². The fourth-order valence-corrected chi connectivity index (χ4v) is 3.72. The lowest BCUT2D eigenvalue weighted by Gasteiger charge is -2.42. The van der Waals surface area contributed by atoms with Gasteiger partial charge in [-0.05, 0) is 25.0 Å². The van der Waals surface area contributed by atoms with Crippen LogP contribution in [0.2, 0.25) is 5.02 Å². The summed E-state index contributed by atoms with van der Waals surface area (Å²) in [4.78, 5) is 17.2. The Labute approximate surface area is 166 Å². The van der Waals surface area contributed by atoms with Crippen LogP contribution in [0, 0.1) is 5.41 Å². The molecular formula is C17H26Cl3N3O2. The normalized spacial score (nSPS) is 19.6. The molecule has 0 aromatic heterocycles. The van der Waals surface area contributed by atoms with Gasteiger partial charge in [-0.1, -0.05) is 23.7 Å². The topological polar surface area (TPSA) is 58.8 Å². The fraction of sp³-hybridized carbons (Fsp3) is 0.588. The molecule has 5 nitrogen and oxygen atoms in total. The minimum atomic E-state index is -0.426. The number of amides is 1. The number of halogens is 3. The lowest BCUT2D eigenvalue weighted by atomic mass is 9.78. The first-order valence-electron chi connectivity index (χ1n) is 8.23. The number of nitrogens with two attached hydrogens (primary N) is 1. The Bertz CT molecular complexity index is 560. The zero-order chi connectivity index (χ0) is 16.3. The highest BCUT2D eigenvalue weighted by molar-refractivity contribution is 6.33. The Balaban J connectivity index is 0.00000156. The Morgan fingerprint density at radius 2 is 1.72 bits per heavy atom. The number of carbonyl (C=O) groups excluding carboxylic acids is 1. The summed E-state index contributed by atoms with van der Waals surface area (Å²) in [6.45, 7) is 4.68. The quantitative estimate of drug-likeness (QED) is 0.832. The third-order valence-electron chi connectivity index (χ3n) is 5.05. The third kappa shape index (κ3) is 4.72. The van der Waals surface area contributed by atoms with E-state index in [1.165, 1.54) is 0 Å². The summed E-state index contributed by atoms with van der Waals surface area (Å²) in [7, 11) is 0. The molecule has 0 radical (unpaired) electrons. The highest BCUT2D eigenvalue weighted by Crippen LogP contribution is 2.33. The van der Waals surface area contributed by atoms with E-state index in [1.807, 2.05) is 29.2 Å². The maximum absolute atomic E-state index is 13.0. The number of benzene rings is 1. The van der Waals surface area contributed by atoms with Gasteiger partial charge in [-0.2, -0.15) is 0 Å². The van der Waals surface area contributed by atoms with Crippen molar-refractivity contribution < 1.29 is 9.53 Å². The molecule has 2 aliphatic rings. The third-order valence-corrected chi connectivity index (χ3v) is 5.37. The Morgan fingerprint density at radius 3 is 2.28 bits per heavy atom. The molecule has 1 aromatic carbocycles. The number of carbonyl (C=O) groups is 1. The molecule has 0 spiro atoms. The number of hydrogen-bond acceptors (Lipinski definition) is 4. The van der Waals surface area contributed by atoms with Gasteiger partial charge in [0.25, 0.3) is 0 Å². The molecule has 0 unspecified atom stereocenters. The standard InChI is InChI=1S/C17H24ClN3O2.2ClH/c18-14-3-1-2-4-15(14)20-7-9-21(10-8-20)16(22)17(13-19)5-11-23-12-6-17;;/h1-4H,5-13,19H2;2*1H. The molecule has 0 aliphatic carbocycles. The van der Waals surface area contributed by atoms with Gasteiger partial charge in [-0.25, -0.2) is 0 Å². The van der Waals surface area contributed by atoms with Crippen LogP contribution in [0.25, 0.3) is 0 Å². The zero-order valence-corrected chi connectivity index (χ0v) is 16.5. The molecule has 2 fully saturated rings. The van der Waals surface area contributed by atoms with E-state index in [1.54, 1.807) is 0 Å². The van der Waals surface area contributed by atoms with Gasteiger partial charge < -0.3 is 20.3 Å². The number of piperazine rings is 1. The van der Waals surface area contributed by atoms with Crippen molar-refractivity contribution in [3.05, 3.63) is 29.3 Å². The first kappa shape index (κ1) is 22.3. The van der Waals surface area contributed by atoms with E-state index in [2.05, 4.69) is 4.90 Å². The minimum absolute atomic E-state index is 0. The van der Waals surface area contributed by atoms with Gasteiger partial charge in [-0.3, -0.25) is 4.79 Å². The molecular weight excluding hydrogens is 385 g/mol. The van der Waals surface area contributed by atoms with Crippen LogP contribution >= 0.6 is 36.4 Å². The van der Waals surface area contributed by atoms with E-state index in [0.717, 1.165) is 36.6 Å². The van der Waals surface area contributed by atoms with E-state index < -0.39 is 5.41 Å². The first-order valence-corrected chi connectivity index (χ1v) is 8.61. The molecule has 1 amide bonds. The summed E-state index contributed by atoms with van der Waals surface area (Å²) in [5.41, 5.74) is 6.57. The Kier molecular flexibility index (Phi) is 8.78. The van der Waals surface area contributed by atoms with Crippen LogP contribution < -0.4 is 10.6 Å². The highest BCUT2D eigenvalue weighted by Gasteiger charge is 2.42. The number of rotatable bonds is 3. The van der Waals surface area contributed by atoms with Crippen molar-refractivity contribution in [2.24, 2.45) is 11.1 Å². The van der Waals surface area contributed by atoms with E-state index in [-0.39, 0.29) is 30.7 Å². The average molecular weight is 411 g/mol. The van der Waals surface area contributed by atoms with Crippen molar-refractivity contribution in [2.45, 2.75) is 12.8 Å². The Hall–Kier alpha value is -0.720. The van der Waals surface area contributed by atoms with Gasteiger partial charge in [-0.15, -0.1) is 24.8 Å². The second-order valence-electron chi connectivity index (χ2n) is 6.33. The average Bonchev–Trinajstić information content (AvgIpc) is 2.62. The largest absolute Gasteiger partial charge is 0.381 e. The lowest BCUT2D eigenvalue weighted by Crippen LogP contribution is -2.56. The minimum Gasteiger partial charge on any atom is -0.381 e. The van der Waals surface area contributed by atoms with Gasteiger partial charge in [0.05, 0.1) is 16.1 Å². The molecule has 142 valence electrons. The summed E-state index contributed by atoms with van der Waals surface area (Å²) in [5.74, 6) is 0.196. The van der Waals surface area contributed by atoms with Crippen LogP contribution in [0.5, 0.6) is 0 Å². The molecule has 0 atom stereocenters. The molecule has 25 heavy (non-hydrogen) atoms. The molecule has 2 saturated heterocycles. The molecule has 0 saturated carbocycles. The molecule has 2 heterocycles. The van der Waals surface area contributed by atoms with Crippen LogP contribution in [-0.4, -0.2) is 56.7 Å². The predicted molar refractivity (Wildman–Crippen MR) is 106 cm³/mol. The number of nitrogens with zero attached hydrogens (tertiary/aromatic N) is 2. The number of hydrogen-bond donors (Lipinski definition) is 1. The monoisotopic (exact) mass is 409 g/mol. The van der Waals surface area contributed by atoms with Crippen LogP contribution in [0.3, 0.4) is 0 Å². The smallest absolute Gasteiger partial charge is 0.230 e. The maximum Gasteiger partial charge on any atom is 0.230 e. The molecule has 2 N–H and O–H groups in total. The lowest BCUT2D eigenvalue weighted by molar-refractivity contribution is -0.147. The van der Waals surface area contributed by atoms with Gasteiger partial charge >= 0.3 is 0 Å². The molecule has 2 aliphatic heterocycles. The predicted octanol–water partition coefficient (Wildman–Crippen LogP) is 2.59. The van der Waals surface area contributed by atoms with Crippen molar-refractivity contribution in [3.63, 3.8) is 0 Å². The first-order chi connectivity index (χ1) is 11.2. The fourth-order valence-electron chi connectivity index (χ4n) is 3.46. The zero-order valence-electron chi connectivity index (χ0n) is 14.2. The van der Waals surface area contributed by atoms with E-state index in [4.69, 9.17) is 22.1 Å². The van der Waals surface area contributed by atoms with E-state index >= 15 is 0 Å². The number of ether oxygens (including phenoxy) is 1. The number of anilines is 1. The summed E-state index contributed by atoms with van der Waals surface area (Å²) in [5, 5.41) is 0.759. The van der Waals surface area contributed by atoms with Gasteiger partial charge in [0.2, 0.25) is 5.91 Å². The Morgan fingerprint density at radius 1 is 1.12 bits per heavy atom. The van der Waals surface area contributed by atoms with Crippen molar-refractivity contribution in [1.29, 1.82) is 0 Å². The van der Waals surface area contributed by atoms with Crippen molar-refractivity contribution in [1.82, 2.24) is 4.90 Å². The van der Waals surface area contributed by atoms with Gasteiger partial charge in [0.1, 0.15) is 0 Å². The van der Waals surface area contributed by atoms with Crippen LogP contribution in [0.1, 0.15) is 12.8 Å². The highest BCUT2D eigenvalue weighted by atomic mass is 35.5. The van der Waals surface area contributed by atoms with Crippen molar-refractivity contribution in [3.8, 4) is 0 Å². The second kappa shape index (κ2) is 9.83. The molecule has 3 rings (SSSR count).